The molecule has 34 heavy (non-hydrogen) atoms. The number of aryl methyl sites for hydroxylation is 2. The van der Waals surface area contributed by atoms with Gasteiger partial charge in [-0.3, -0.25) is 4.68 Å². The maximum absolute atomic E-state index is 13.2. The van der Waals surface area contributed by atoms with Gasteiger partial charge in [0.1, 0.15) is 10.8 Å². The van der Waals surface area contributed by atoms with E-state index in [-0.39, 0.29) is 11.8 Å². The van der Waals surface area contributed by atoms with Crippen LogP contribution in [0.1, 0.15) is 63.4 Å². The second-order valence-corrected chi connectivity index (χ2v) is 10.0. The van der Waals surface area contributed by atoms with Gasteiger partial charge in [-0.1, -0.05) is 25.0 Å². The maximum atomic E-state index is 13.2. The van der Waals surface area contributed by atoms with Crippen molar-refractivity contribution in [3.8, 4) is 0 Å². The van der Waals surface area contributed by atoms with Gasteiger partial charge in [0.25, 0.3) is 0 Å². The molecule has 2 heterocycles. The van der Waals surface area contributed by atoms with Crippen LogP contribution in [-0.2, 0) is 24.1 Å². The number of esters is 1. The number of nitrogens with one attached hydrogen (secondary N) is 2. The molecule has 180 valence electrons. The van der Waals surface area contributed by atoms with Crippen LogP contribution in [0.25, 0.3) is 0 Å². The first-order valence-electron chi connectivity index (χ1n) is 11.5. The summed E-state index contributed by atoms with van der Waals surface area (Å²) in [5, 5.41) is 12.3. The number of nitrogens with zero attached hydrogens (tertiary/aromatic N) is 2. The van der Waals surface area contributed by atoms with E-state index in [9.17, 15) is 9.18 Å². The van der Waals surface area contributed by atoms with Crippen LogP contribution in [0.3, 0.4) is 0 Å². The number of thiophene rings is 1. The van der Waals surface area contributed by atoms with E-state index in [1.807, 2.05) is 18.5 Å². The average Bonchev–Trinajstić information content (AvgIpc) is 3.25. The van der Waals surface area contributed by atoms with E-state index < -0.39 is 0 Å². The lowest BCUT2D eigenvalue weighted by atomic mass is 9.96. The third kappa shape index (κ3) is 5.31. The largest absolute Gasteiger partial charge is 0.465 e. The van der Waals surface area contributed by atoms with Gasteiger partial charge >= 0.3 is 5.97 Å². The average molecular weight is 501 g/mol. The highest BCUT2D eigenvalue weighted by molar-refractivity contribution is 7.80. The van der Waals surface area contributed by atoms with Gasteiger partial charge in [0.15, 0.2) is 5.11 Å². The summed E-state index contributed by atoms with van der Waals surface area (Å²) < 4.78 is 20.2. The fraction of sp³-hybridized carbons (Fsp3) is 0.400. The summed E-state index contributed by atoms with van der Waals surface area (Å²) in [7, 11) is 1.41. The Morgan fingerprint density at radius 2 is 1.85 bits per heavy atom. The molecule has 2 N–H and O–H groups in total. The zero-order valence-corrected chi connectivity index (χ0v) is 21.3. The van der Waals surface area contributed by atoms with Gasteiger partial charge in [-0.25, -0.2) is 9.18 Å². The number of thiocarbonyl (C=S) groups is 1. The topological polar surface area (TPSA) is 68.2 Å². The predicted octanol–water partition coefficient (Wildman–Crippen LogP) is 6.00. The number of benzene rings is 1. The predicted molar refractivity (Wildman–Crippen MR) is 139 cm³/mol. The standard InChI is InChI=1S/C25H29FN4O2S2/c1-15-22(16(2)30(29-15)14-17-10-12-18(26)13-11-17)27-25(33)28-23-21(24(31)32-3)19-8-6-4-5-7-9-20(19)34-23/h10-13H,4-9,14H2,1-3H3,(H2,27,28,33). The van der Waals surface area contributed by atoms with Gasteiger partial charge in [-0.15, -0.1) is 11.3 Å². The molecule has 1 aliphatic carbocycles. The molecule has 0 bridgehead atoms. The zero-order chi connectivity index (χ0) is 24.2. The van der Waals surface area contributed by atoms with Crippen molar-refractivity contribution in [1.29, 1.82) is 0 Å². The molecule has 0 spiro atoms. The van der Waals surface area contributed by atoms with Crippen molar-refractivity contribution >= 4 is 45.3 Å². The number of hydrogen-bond donors (Lipinski definition) is 2. The number of anilines is 2. The number of ether oxygens (including phenoxy) is 1. The van der Waals surface area contributed by atoms with E-state index in [1.54, 1.807) is 23.5 Å². The van der Waals surface area contributed by atoms with E-state index >= 15 is 0 Å². The summed E-state index contributed by atoms with van der Waals surface area (Å²) in [6.45, 7) is 4.40. The lowest BCUT2D eigenvalue weighted by Gasteiger charge is -2.12. The SMILES string of the molecule is COC(=O)c1c(NC(=S)Nc2c(C)nn(Cc3ccc(F)cc3)c2C)sc2c1CCCCCC2. The third-order valence-corrected chi connectivity index (χ3v) is 7.56. The molecular weight excluding hydrogens is 471 g/mol. The lowest BCUT2D eigenvalue weighted by Crippen LogP contribution is -2.21. The maximum Gasteiger partial charge on any atom is 0.341 e. The van der Waals surface area contributed by atoms with Gasteiger partial charge in [-0.2, -0.15) is 5.10 Å². The molecule has 0 atom stereocenters. The molecule has 0 fully saturated rings. The minimum atomic E-state index is -0.331. The Balaban J connectivity index is 1.54. The van der Waals surface area contributed by atoms with Gasteiger partial charge in [0.05, 0.1) is 36.3 Å². The molecule has 1 aliphatic rings. The molecule has 3 aromatic rings. The van der Waals surface area contributed by atoms with Crippen molar-refractivity contribution in [2.45, 2.75) is 58.9 Å². The van der Waals surface area contributed by atoms with Gasteiger partial charge in [0.2, 0.25) is 0 Å². The van der Waals surface area contributed by atoms with E-state index in [4.69, 9.17) is 17.0 Å². The molecule has 0 radical (unpaired) electrons. The molecule has 0 unspecified atom stereocenters. The monoisotopic (exact) mass is 500 g/mol. The Kier molecular flexibility index (Phi) is 7.63. The molecule has 9 heteroatoms. The normalized spacial score (nSPS) is 13.5. The van der Waals surface area contributed by atoms with Crippen LogP contribution in [0.5, 0.6) is 0 Å². The number of hydrogen-bond acceptors (Lipinski definition) is 5. The quantitative estimate of drug-likeness (QED) is 0.331. The number of halogens is 1. The number of aromatic nitrogens is 2. The molecule has 0 amide bonds. The van der Waals surface area contributed by atoms with E-state index in [2.05, 4.69) is 15.7 Å². The highest BCUT2D eigenvalue weighted by atomic mass is 32.1. The first-order valence-corrected chi connectivity index (χ1v) is 12.7. The zero-order valence-electron chi connectivity index (χ0n) is 19.7. The van der Waals surface area contributed by atoms with Crippen molar-refractivity contribution in [3.05, 3.63) is 63.0 Å². The Labute approximate surface area is 208 Å². The molecule has 0 saturated carbocycles. The van der Waals surface area contributed by atoms with Crippen molar-refractivity contribution in [2.75, 3.05) is 17.7 Å². The van der Waals surface area contributed by atoms with Crippen molar-refractivity contribution in [2.24, 2.45) is 0 Å². The summed E-state index contributed by atoms with van der Waals surface area (Å²) >= 11 is 7.21. The van der Waals surface area contributed by atoms with Crippen LogP contribution >= 0.6 is 23.6 Å². The minimum absolute atomic E-state index is 0.260. The summed E-state index contributed by atoms with van der Waals surface area (Å²) in [4.78, 5) is 13.9. The summed E-state index contributed by atoms with van der Waals surface area (Å²) in [6, 6.07) is 6.40. The van der Waals surface area contributed by atoms with Crippen LogP contribution in [0.4, 0.5) is 15.1 Å². The van der Waals surface area contributed by atoms with Crippen LogP contribution in [-0.4, -0.2) is 28.0 Å². The van der Waals surface area contributed by atoms with E-state index in [0.717, 1.165) is 58.9 Å². The van der Waals surface area contributed by atoms with Gasteiger partial charge < -0.3 is 15.4 Å². The van der Waals surface area contributed by atoms with Crippen LogP contribution in [0, 0.1) is 19.7 Å². The number of rotatable bonds is 5. The molecule has 1 aromatic carbocycles. The second kappa shape index (κ2) is 10.7. The first kappa shape index (κ1) is 24.3. The highest BCUT2D eigenvalue weighted by Crippen LogP contribution is 2.37. The van der Waals surface area contributed by atoms with Gasteiger partial charge in [0, 0.05) is 4.88 Å². The number of carbonyl (C=O) groups is 1. The van der Waals surface area contributed by atoms with Crippen LogP contribution in [0.2, 0.25) is 0 Å². The molecule has 0 saturated heterocycles. The Morgan fingerprint density at radius 3 is 2.56 bits per heavy atom. The van der Waals surface area contributed by atoms with Crippen LogP contribution in [0.15, 0.2) is 24.3 Å². The summed E-state index contributed by atoms with van der Waals surface area (Å²) in [6.07, 6.45) is 6.45. The van der Waals surface area contributed by atoms with E-state index in [0.29, 0.717) is 17.2 Å². The fourth-order valence-corrected chi connectivity index (χ4v) is 5.92. The van der Waals surface area contributed by atoms with Crippen molar-refractivity contribution in [3.63, 3.8) is 0 Å². The number of methoxy groups -OCH3 is 1. The Hall–Kier alpha value is -2.78. The lowest BCUT2D eigenvalue weighted by molar-refractivity contribution is 0.0601. The molecule has 2 aromatic heterocycles. The van der Waals surface area contributed by atoms with Crippen molar-refractivity contribution in [1.82, 2.24) is 9.78 Å². The molecule has 0 aliphatic heterocycles. The van der Waals surface area contributed by atoms with E-state index in [1.165, 1.54) is 37.0 Å². The number of fused-ring (bicyclic) bond motifs is 1. The summed E-state index contributed by atoms with van der Waals surface area (Å²) in [5.41, 5.74) is 5.19. The Morgan fingerprint density at radius 1 is 1.15 bits per heavy atom. The molecule has 4 rings (SSSR count). The van der Waals surface area contributed by atoms with Gasteiger partial charge in [-0.05, 0) is 75.0 Å². The fourth-order valence-electron chi connectivity index (χ4n) is 4.37. The van der Waals surface area contributed by atoms with Crippen molar-refractivity contribution < 1.29 is 13.9 Å². The minimum Gasteiger partial charge on any atom is -0.465 e. The molecule has 6 nitrogen and oxygen atoms in total. The first-order chi connectivity index (χ1) is 16.4. The Bertz CT molecular complexity index is 1200. The second-order valence-electron chi connectivity index (χ2n) is 8.52. The number of carbonyl (C=O) groups excluding carboxylic acids is 1. The molecular formula is C25H29FN4O2S2. The summed E-state index contributed by atoms with van der Waals surface area (Å²) in [5.74, 6) is -0.591. The smallest absolute Gasteiger partial charge is 0.341 e. The third-order valence-electron chi connectivity index (χ3n) is 6.15. The van der Waals surface area contributed by atoms with Crippen LogP contribution < -0.4 is 10.6 Å². The highest BCUT2D eigenvalue weighted by Gasteiger charge is 2.25.